The van der Waals surface area contributed by atoms with Crippen LogP contribution in [0, 0.1) is 13.8 Å². The van der Waals surface area contributed by atoms with Gasteiger partial charge >= 0.3 is 0 Å². The molecule has 0 spiro atoms. The van der Waals surface area contributed by atoms with E-state index in [2.05, 4.69) is 36.0 Å². The van der Waals surface area contributed by atoms with Crippen LogP contribution in [0.2, 0.25) is 5.02 Å². The van der Waals surface area contributed by atoms with Crippen LogP contribution in [-0.2, 0) is 0 Å². The van der Waals surface area contributed by atoms with Crippen LogP contribution in [-0.4, -0.2) is 36.4 Å². The van der Waals surface area contributed by atoms with Gasteiger partial charge in [-0.1, -0.05) is 29.8 Å². The van der Waals surface area contributed by atoms with Crippen molar-refractivity contribution < 1.29 is 0 Å². The number of nitrogens with zero attached hydrogens (tertiary/aromatic N) is 7. The standard InChI is InChI=1S/C14H13ClN8/c1-9-7-10(2)23(22-9)14-20-18-13(19-21-14)17-16-8-11-5-3-4-6-12(11)15/h3-8H,1-2H3,(H,17,18,19)/b16-8+. The number of hydrogen-bond acceptors (Lipinski definition) is 7. The smallest absolute Gasteiger partial charge is 0.243 e. The first-order valence-corrected chi connectivity index (χ1v) is 7.16. The zero-order chi connectivity index (χ0) is 16.2. The van der Waals surface area contributed by atoms with Crippen LogP contribution in [0.5, 0.6) is 0 Å². The van der Waals surface area contributed by atoms with Crippen molar-refractivity contribution in [3.63, 3.8) is 0 Å². The Labute approximate surface area is 137 Å². The molecule has 8 nitrogen and oxygen atoms in total. The number of aryl methyl sites for hydroxylation is 2. The van der Waals surface area contributed by atoms with Crippen LogP contribution < -0.4 is 5.43 Å². The first-order chi connectivity index (χ1) is 11.1. The highest BCUT2D eigenvalue weighted by Crippen LogP contribution is 2.12. The Bertz CT molecular complexity index is 840. The molecule has 0 saturated carbocycles. The normalized spacial score (nSPS) is 11.1. The Hall–Kier alpha value is -2.87. The molecule has 0 radical (unpaired) electrons. The molecule has 0 unspecified atom stereocenters. The lowest BCUT2D eigenvalue weighted by Gasteiger charge is -2.01. The summed E-state index contributed by atoms with van der Waals surface area (Å²) in [4.78, 5) is 0. The zero-order valence-corrected chi connectivity index (χ0v) is 13.2. The molecule has 0 aliphatic rings. The van der Waals surface area contributed by atoms with E-state index in [4.69, 9.17) is 11.6 Å². The van der Waals surface area contributed by atoms with Crippen molar-refractivity contribution in [1.29, 1.82) is 0 Å². The topological polar surface area (TPSA) is 93.8 Å². The van der Waals surface area contributed by atoms with Gasteiger partial charge in [-0.2, -0.15) is 10.2 Å². The van der Waals surface area contributed by atoms with Crippen molar-refractivity contribution in [3.05, 3.63) is 52.3 Å². The molecule has 0 atom stereocenters. The molecule has 1 aromatic carbocycles. The number of hydrazone groups is 1. The van der Waals surface area contributed by atoms with Crippen molar-refractivity contribution in [3.8, 4) is 5.95 Å². The van der Waals surface area contributed by atoms with Gasteiger partial charge in [0.15, 0.2) is 0 Å². The van der Waals surface area contributed by atoms with Crippen LogP contribution in [0.25, 0.3) is 5.95 Å². The highest BCUT2D eigenvalue weighted by molar-refractivity contribution is 6.33. The van der Waals surface area contributed by atoms with Gasteiger partial charge in [0.25, 0.3) is 11.9 Å². The fraction of sp³-hybridized carbons (Fsp3) is 0.143. The molecule has 0 aliphatic carbocycles. The maximum absolute atomic E-state index is 6.03. The van der Waals surface area contributed by atoms with Gasteiger partial charge in [0, 0.05) is 16.3 Å². The molecule has 3 rings (SSSR count). The van der Waals surface area contributed by atoms with Crippen LogP contribution in [0.3, 0.4) is 0 Å². The van der Waals surface area contributed by atoms with Crippen LogP contribution in [0.1, 0.15) is 17.0 Å². The Morgan fingerprint density at radius 2 is 1.87 bits per heavy atom. The van der Waals surface area contributed by atoms with E-state index in [0.717, 1.165) is 17.0 Å². The third-order valence-electron chi connectivity index (χ3n) is 2.94. The molecule has 1 N–H and O–H groups in total. The largest absolute Gasteiger partial charge is 0.289 e. The first-order valence-electron chi connectivity index (χ1n) is 6.78. The number of aromatic nitrogens is 6. The number of rotatable bonds is 4. The van der Waals surface area contributed by atoms with Crippen LogP contribution in [0.15, 0.2) is 35.4 Å². The summed E-state index contributed by atoms with van der Waals surface area (Å²) in [6.07, 6.45) is 1.57. The monoisotopic (exact) mass is 328 g/mol. The average Bonchev–Trinajstić information content (AvgIpc) is 2.88. The molecule has 0 bridgehead atoms. The molecule has 23 heavy (non-hydrogen) atoms. The minimum atomic E-state index is 0.179. The van der Waals surface area contributed by atoms with Crippen LogP contribution in [0.4, 0.5) is 5.95 Å². The molecule has 116 valence electrons. The Balaban J connectivity index is 1.71. The lowest BCUT2D eigenvalue weighted by atomic mass is 10.2. The van der Waals surface area contributed by atoms with E-state index < -0.39 is 0 Å². The van der Waals surface area contributed by atoms with Gasteiger partial charge in [-0.05, 0) is 26.0 Å². The molecule has 0 amide bonds. The molecule has 0 aliphatic heterocycles. The van der Waals surface area contributed by atoms with Crippen molar-refractivity contribution >= 4 is 23.8 Å². The number of halogens is 1. The summed E-state index contributed by atoms with van der Waals surface area (Å²) in [6.45, 7) is 3.80. The highest BCUT2D eigenvalue weighted by atomic mass is 35.5. The lowest BCUT2D eigenvalue weighted by molar-refractivity contribution is 0.711. The third kappa shape index (κ3) is 3.49. The predicted octanol–water partition coefficient (Wildman–Crippen LogP) is 2.17. The van der Waals surface area contributed by atoms with E-state index in [9.17, 15) is 0 Å². The predicted molar refractivity (Wildman–Crippen MR) is 86.9 cm³/mol. The van der Waals surface area contributed by atoms with Crippen molar-refractivity contribution in [2.24, 2.45) is 5.10 Å². The van der Waals surface area contributed by atoms with Gasteiger partial charge in [-0.3, -0.25) is 0 Å². The van der Waals surface area contributed by atoms with E-state index in [-0.39, 0.29) is 5.95 Å². The van der Waals surface area contributed by atoms with E-state index in [1.807, 2.05) is 38.1 Å². The van der Waals surface area contributed by atoms with E-state index in [1.165, 1.54) is 0 Å². The van der Waals surface area contributed by atoms with Gasteiger partial charge in [-0.25, -0.2) is 10.1 Å². The van der Waals surface area contributed by atoms with E-state index in [0.29, 0.717) is 11.0 Å². The molecular weight excluding hydrogens is 316 g/mol. The molecular formula is C14H13ClN8. The maximum Gasteiger partial charge on any atom is 0.289 e. The highest BCUT2D eigenvalue weighted by Gasteiger charge is 2.08. The average molecular weight is 329 g/mol. The first kappa shape index (κ1) is 15.0. The van der Waals surface area contributed by atoms with Crippen molar-refractivity contribution in [1.82, 2.24) is 30.2 Å². The minimum absolute atomic E-state index is 0.179. The Kier molecular flexibility index (Phi) is 4.24. The molecule has 2 heterocycles. The second kappa shape index (κ2) is 6.49. The van der Waals surface area contributed by atoms with E-state index in [1.54, 1.807) is 17.0 Å². The molecule has 9 heteroatoms. The molecule has 0 fully saturated rings. The second-order valence-corrected chi connectivity index (χ2v) is 5.16. The van der Waals surface area contributed by atoms with Gasteiger partial charge in [-0.15, -0.1) is 20.4 Å². The van der Waals surface area contributed by atoms with Crippen molar-refractivity contribution in [2.45, 2.75) is 13.8 Å². The zero-order valence-electron chi connectivity index (χ0n) is 12.5. The summed E-state index contributed by atoms with van der Waals surface area (Å²) in [5.41, 5.74) is 5.21. The quantitative estimate of drug-likeness (QED) is 0.582. The Morgan fingerprint density at radius 1 is 1.13 bits per heavy atom. The minimum Gasteiger partial charge on any atom is -0.243 e. The summed E-state index contributed by atoms with van der Waals surface area (Å²) in [5.74, 6) is 0.481. The number of hydrogen-bond donors (Lipinski definition) is 1. The maximum atomic E-state index is 6.03. The van der Waals surface area contributed by atoms with Crippen LogP contribution >= 0.6 is 11.6 Å². The number of anilines is 1. The van der Waals surface area contributed by atoms with Gasteiger partial charge in [0.1, 0.15) is 0 Å². The molecule has 0 saturated heterocycles. The summed E-state index contributed by atoms with van der Waals surface area (Å²) < 4.78 is 1.58. The third-order valence-corrected chi connectivity index (χ3v) is 3.28. The summed E-state index contributed by atoms with van der Waals surface area (Å²) in [7, 11) is 0. The summed E-state index contributed by atoms with van der Waals surface area (Å²) in [6, 6.07) is 9.27. The summed E-state index contributed by atoms with van der Waals surface area (Å²) in [5, 5.41) is 24.7. The van der Waals surface area contributed by atoms with Gasteiger partial charge in [0.2, 0.25) is 0 Å². The van der Waals surface area contributed by atoms with Crippen molar-refractivity contribution in [2.75, 3.05) is 5.43 Å². The fourth-order valence-electron chi connectivity index (χ4n) is 1.92. The van der Waals surface area contributed by atoms with E-state index >= 15 is 0 Å². The molecule has 2 aromatic heterocycles. The Morgan fingerprint density at radius 3 is 2.52 bits per heavy atom. The van der Waals surface area contributed by atoms with Gasteiger partial charge < -0.3 is 0 Å². The second-order valence-electron chi connectivity index (χ2n) is 4.75. The molecule has 3 aromatic rings. The summed E-state index contributed by atoms with van der Waals surface area (Å²) >= 11 is 6.03. The number of nitrogens with one attached hydrogen (secondary N) is 1. The SMILES string of the molecule is Cc1cc(C)n(-c2nnc(N/N=C/c3ccccc3Cl)nn2)n1. The lowest BCUT2D eigenvalue weighted by Crippen LogP contribution is -2.10. The number of benzene rings is 1. The fourth-order valence-corrected chi connectivity index (χ4v) is 2.11. The van der Waals surface area contributed by atoms with Gasteiger partial charge in [0.05, 0.1) is 11.9 Å².